The summed E-state index contributed by atoms with van der Waals surface area (Å²) in [6.45, 7) is 8.55. The van der Waals surface area contributed by atoms with Crippen LogP contribution in [-0.4, -0.2) is 4.98 Å². The topological polar surface area (TPSA) is 32.9 Å². The van der Waals surface area contributed by atoms with Crippen molar-refractivity contribution in [2.75, 3.05) is 0 Å². The molecule has 1 aromatic heterocycles. The molecule has 0 aliphatic rings. The molecule has 1 N–H and O–H groups in total. The van der Waals surface area contributed by atoms with Gasteiger partial charge in [0.1, 0.15) is 0 Å². The maximum Gasteiger partial charge on any atom is 0.189 e. The zero-order chi connectivity index (χ0) is 12.6. The second-order valence-corrected chi connectivity index (χ2v) is 5.49. The molecule has 2 nitrogen and oxygen atoms in total. The van der Waals surface area contributed by atoms with E-state index in [9.17, 15) is 4.79 Å². The number of aromatic nitrogens is 1. The summed E-state index contributed by atoms with van der Waals surface area (Å²) in [7, 11) is 0. The Bertz CT molecular complexity index is 602. The first-order chi connectivity index (χ1) is 7.93. The predicted octanol–water partition coefficient (Wildman–Crippen LogP) is 3.39. The molecule has 17 heavy (non-hydrogen) atoms. The van der Waals surface area contributed by atoms with E-state index in [2.05, 4.69) is 38.7 Å². The van der Waals surface area contributed by atoms with E-state index in [0.717, 1.165) is 23.0 Å². The molecule has 2 rings (SSSR count). The van der Waals surface area contributed by atoms with Gasteiger partial charge in [-0.2, -0.15) is 0 Å². The molecule has 90 valence electrons. The van der Waals surface area contributed by atoms with E-state index in [0.29, 0.717) is 0 Å². The van der Waals surface area contributed by atoms with Crippen molar-refractivity contribution >= 4 is 10.9 Å². The molecule has 0 amide bonds. The summed E-state index contributed by atoms with van der Waals surface area (Å²) in [5, 5.41) is 0.787. The highest BCUT2D eigenvalue weighted by Gasteiger charge is 2.17. The molecule has 0 unspecified atom stereocenters. The molecule has 0 saturated heterocycles. The maximum absolute atomic E-state index is 12.0. The molecule has 0 saturated carbocycles. The Hall–Kier alpha value is -1.57. The van der Waals surface area contributed by atoms with E-state index in [1.54, 1.807) is 6.07 Å². The average molecular weight is 229 g/mol. The van der Waals surface area contributed by atoms with E-state index in [-0.39, 0.29) is 10.8 Å². The number of benzene rings is 1. The van der Waals surface area contributed by atoms with Gasteiger partial charge in [0.2, 0.25) is 0 Å². The van der Waals surface area contributed by atoms with Crippen LogP contribution in [0.1, 0.15) is 39.0 Å². The number of H-pyrrole nitrogens is 1. The summed E-state index contributed by atoms with van der Waals surface area (Å²) in [5.74, 6) is 0. The number of hydrogen-bond donors (Lipinski definition) is 1. The summed E-state index contributed by atoms with van der Waals surface area (Å²) < 4.78 is 0. The van der Waals surface area contributed by atoms with Crippen LogP contribution in [0.4, 0.5) is 0 Å². The van der Waals surface area contributed by atoms with Crippen LogP contribution in [0.15, 0.2) is 29.1 Å². The minimum atomic E-state index is 0.0365. The van der Waals surface area contributed by atoms with E-state index in [1.807, 2.05) is 12.1 Å². The average Bonchev–Trinajstić information content (AvgIpc) is 2.26. The summed E-state index contributed by atoms with van der Waals surface area (Å²) in [5.41, 5.74) is 3.34. The quantitative estimate of drug-likeness (QED) is 0.798. The van der Waals surface area contributed by atoms with Gasteiger partial charge in [0.15, 0.2) is 5.43 Å². The Morgan fingerprint density at radius 3 is 2.53 bits per heavy atom. The summed E-state index contributed by atoms with van der Waals surface area (Å²) in [6, 6.07) is 7.65. The monoisotopic (exact) mass is 229 g/mol. The Labute approximate surface area is 102 Å². The smallest absolute Gasteiger partial charge is 0.189 e. The van der Waals surface area contributed by atoms with Gasteiger partial charge in [-0.05, 0) is 23.5 Å². The normalized spacial score (nSPS) is 12.0. The van der Waals surface area contributed by atoms with Crippen LogP contribution >= 0.6 is 0 Å². The lowest BCUT2D eigenvalue weighted by atomic mass is 9.85. The minimum absolute atomic E-state index is 0.0365. The van der Waals surface area contributed by atoms with Crippen molar-refractivity contribution in [1.82, 2.24) is 4.98 Å². The van der Waals surface area contributed by atoms with Crippen LogP contribution in [0.5, 0.6) is 0 Å². The van der Waals surface area contributed by atoms with Gasteiger partial charge < -0.3 is 4.98 Å². The predicted molar refractivity (Wildman–Crippen MR) is 72.6 cm³/mol. The molecule has 0 atom stereocenters. The molecule has 0 aliphatic carbocycles. The molecule has 0 spiro atoms. The maximum atomic E-state index is 12.0. The standard InChI is InChI=1S/C15H19NO/c1-5-10-9-13(17)11-7-6-8-12(14(11)16-10)15(2,3)4/h6-9H,5H2,1-4H3,(H,16,17). The van der Waals surface area contributed by atoms with Gasteiger partial charge in [0.25, 0.3) is 0 Å². The second kappa shape index (κ2) is 4.02. The fourth-order valence-corrected chi connectivity index (χ4v) is 2.14. The Balaban J connectivity index is 2.88. The number of para-hydroxylation sites is 1. The van der Waals surface area contributed by atoms with Crippen molar-refractivity contribution in [3.8, 4) is 0 Å². The first kappa shape index (κ1) is 11.9. The number of fused-ring (bicyclic) bond motifs is 1. The summed E-state index contributed by atoms with van der Waals surface area (Å²) in [6.07, 6.45) is 0.851. The van der Waals surface area contributed by atoms with E-state index in [1.165, 1.54) is 5.56 Å². The Morgan fingerprint density at radius 1 is 1.24 bits per heavy atom. The SMILES string of the molecule is CCc1cc(=O)c2cccc(C(C)(C)C)c2[nH]1. The molecule has 2 aromatic rings. The van der Waals surface area contributed by atoms with Crippen LogP contribution < -0.4 is 5.43 Å². The Kier molecular flexibility index (Phi) is 2.82. The summed E-state index contributed by atoms with van der Waals surface area (Å²) in [4.78, 5) is 15.4. The molecule has 2 heteroatoms. The van der Waals surface area contributed by atoms with Gasteiger partial charge in [-0.1, -0.05) is 39.8 Å². The molecule has 0 radical (unpaired) electrons. The van der Waals surface area contributed by atoms with Crippen LogP contribution in [0.25, 0.3) is 10.9 Å². The van der Waals surface area contributed by atoms with Crippen molar-refractivity contribution in [1.29, 1.82) is 0 Å². The van der Waals surface area contributed by atoms with Gasteiger partial charge in [0, 0.05) is 17.1 Å². The third-order valence-electron chi connectivity index (χ3n) is 3.11. The second-order valence-electron chi connectivity index (χ2n) is 5.49. The van der Waals surface area contributed by atoms with Crippen LogP contribution in [-0.2, 0) is 11.8 Å². The third-order valence-corrected chi connectivity index (χ3v) is 3.11. The number of aryl methyl sites for hydroxylation is 1. The van der Waals surface area contributed by atoms with Crippen molar-refractivity contribution in [3.05, 3.63) is 45.7 Å². The molecular weight excluding hydrogens is 210 g/mol. The number of pyridine rings is 1. The zero-order valence-electron chi connectivity index (χ0n) is 10.9. The largest absolute Gasteiger partial charge is 0.358 e. The first-order valence-corrected chi connectivity index (χ1v) is 6.09. The lowest BCUT2D eigenvalue weighted by molar-refractivity contribution is 0.594. The number of aromatic amines is 1. The van der Waals surface area contributed by atoms with E-state index >= 15 is 0 Å². The van der Waals surface area contributed by atoms with Gasteiger partial charge in [-0.15, -0.1) is 0 Å². The number of rotatable bonds is 1. The lowest BCUT2D eigenvalue weighted by Crippen LogP contribution is -2.15. The summed E-state index contributed by atoms with van der Waals surface area (Å²) >= 11 is 0. The van der Waals surface area contributed by atoms with E-state index < -0.39 is 0 Å². The first-order valence-electron chi connectivity index (χ1n) is 6.09. The molecule has 1 heterocycles. The van der Waals surface area contributed by atoms with Crippen LogP contribution in [0.2, 0.25) is 0 Å². The highest BCUT2D eigenvalue weighted by molar-refractivity contribution is 5.82. The van der Waals surface area contributed by atoms with Gasteiger partial charge >= 0.3 is 0 Å². The van der Waals surface area contributed by atoms with Gasteiger partial charge in [-0.25, -0.2) is 0 Å². The molecule has 1 aromatic carbocycles. The number of nitrogens with one attached hydrogen (secondary N) is 1. The van der Waals surface area contributed by atoms with Crippen molar-refractivity contribution in [2.45, 2.75) is 39.5 Å². The number of hydrogen-bond acceptors (Lipinski definition) is 1. The van der Waals surface area contributed by atoms with Gasteiger partial charge in [-0.3, -0.25) is 4.79 Å². The molecular formula is C15H19NO. The van der Waals surface area contributed by atoms with Crippen LogP contribution in [0.3, 0.4) is 0 Å². The highest BCUT2D eigenvalue weighted by Crippen LogP contribution is 2.27. The van der Waals surface area contributed by atoms with Crippen LogP contribution in [0, 0.1) is 0 Å². The van der Waals surface area contributed by atoms with Gasteiger partial charge in [0.05, 0.1) is 5.52 Å². The Morgan fingerprint density at radius 2 is 1.94 bits per heavy atom. The highest BCUT2D eigenvalue weighted by atomic mass is 16.1. The lowest BCUT2D eigenvalue weighted by Gasteiger charge is -2.21. The van der Waals surface area contributed by atoms with E-state index in [4.69, 9.17) is 0 Å². The molecule has 0 bridgehead atoms. The fraction of sp³-hybridized carbons (Fsp3) is 0.400. The van der Waals surface area contributed by atoms with Crippen molar-refractivity contribution < 1.29 is 0 Å². The third kappa shape index (κ3) is 2.12. The molecule has 0 aliphatic heterocycles. The van der Waals surface area contributed by atoms with Crippen molar-refractivity contribution in [2.24, 2.45) is 0 Å². The fourth-order valence-electron chi connectivity index (χ4n) is 2.14. The molecule has 0 fully saturated rings. The zero-order valence-corrected chi connectivity index (χ0v) is 10.9. The minimum Gasteiger partial charge on any atom is -0.358 e. The van der Waals surface area contributed by atoms with Crippen molar-refractivity contribution in [3.63, 3.8) is 0 Å².